The van der Waals surface area contributed by atoms with Crippen molar-refractivity contribution in [3.63, 3.8) is 0 Å². The molecule has 1 atom stereocenters. The van der Waals surface area contributed by atoms with Crippen LogP contribution in [0, 0.1) is 5.92 Å². The second-order valence-corrected chi connectivity index (χ2v) is 7.37. The number of hydrogen-bond acceptors (Lipinski definition) is 4. The largest absolute Gasteiger partial charge is 0.341 e. The Kier molecular flexibility index (Phi) is 4.88. The normalized spacial score (nSPS) is 23.0. The molecule has 0 saturated carbocycles. The summed E-state index contributed by atoms with van der Waals surface area (Å²) < 4.78 is 1.58. The smallest absolute Gasteiger partial charge is 0.250 e. The van der Waals surface area contributed by atoms with E-state index in [9.17, 15) is 9.59 Å². The molecular formula is C16H23N3O2S. The van der Waals surface area contributed by atoms with Gasteiger partial charge < -0.3 is 9.47 Å². The summed E-state index contributed by atoms with van der Waals surface area (Å²) in [6, 6.07) is 3.68. The summed E-state index contributed by atoms with van der Waals surface area (Å²) in [5.74, 6) is 2.59. The van der Waals surface area contributed by atoms with Crippen molar-refractivity contribution in [1.29, 1.82) is 0 Å². The lowest BCUT2D eigenvalue weighted by molar-refractivity contribution is -0.134. The molecular weight excluding hydrogens is 298 g/mol. The Labute approximate surface area is 135 Å². The van der Waals surface area contributed by atoms with Crippen LogP contribution in [0.5, 0.6) is 0 Å². The molecule has 1 aromatic heterocycles. The maximum atomic E-state index is 12.5. The van der Waals surface area contributed by atoms with Gasteiger partial charge >= 0.3 is 0 Å². The molecule has 2 fully saturated rings. The zero-order chi connectivity index (χ0) is 15.5. The molecule has 120 valence electrons. The standard InChI is InChI=1S/C16H23N3O2S/c1-17-4-2-13(10-15(17)20)11-18-5-3-14(12-18)16(21)19-6-8-22-9-7-19/h2,4,10,14H,3,5-9,11-12H2,1H3. The van der Waals surface area contributed by atoms with Gasteiger partial charge in [-0.15, -0.1) is 0 Å². The van der Waals surface area contributed by atoms with E-state index in [-0.39, 0.29) is 11.5 Å². The van der Waals surface area contributed by atoms with Gasteiger partial charge in [-0.25, -0.2) is 0 Å². The van der Waals surface area contributed by atoms with E-state index in [1.165, 1.54) is 0 Å². The van der Waals surface area contributed by atoms with Crippen LogP contribution in [0.25, 0.3) is 0 Å². The molecule has 2 aliphatic heterocycles. The number of thioether (sulfide) groups is 1. The molecule has 0 N–H and O–H groups in total. The number of likely N-dealkylation sites (tertiary alicyclic amines) is 1. The highest BCUT2D eigenvalue weighted by Crippen LogP contribution is 2.22. The summed E-state index contributed by atoms with van der Waals surface area (Å²) in [5.41, 5.74) is 1.06. The number of amides is 1. The van der Waals surface area contributed by atoms with Gasteiger partial charge in [-0.3, -0.25) is 14.5 Å². The first-order valence-electron chi connectivity index (χ1n) is 7.88. The zero-order valence-corrected chi connectivity index (χ0v) is 13.8. The van der Waals surface area contributed by atoms with Crippen LogP contribution >= 0.6 is 11.8 Å². The maximum Gasteiger partial charge on any atom is 0.250 e. The molecule has 1 amide bonds. The highest BCUT2D eigenvalue weighted by molar-refractivity contribution is 7.99. The van der Waals surface area contributed by atoms with Gasteiger partial charge in [0.2, 0.25) is 5.91 Å². The molecule has 0 radical (unpaired) electrons. The van der Waals surface area contributed by atoms with Crippen LogP contribution in [0.3, 0.4) is 0 Å². The first-order valence-corrected chi connectivity index (χ1v) is 9.03. The predicted molar refractivity (Wildman–Crippen MR) is 89.0 cm³/mol. The van der Waals surface area contributed by atoms with Crippen LogP contribution in [-0.4, -0.2) is 58.0 Å². The average Bonchev–Trinajstić information content (AvgIpc) is 2.99. The minimum absolute atomic E-state index is 0.0233. The van der Waals surface area contributed by atoms with Gasteiger partial charge in [0.25, 0.3) is 5.56 Å². The van der Waals surface area contributed by atoms with Gasteiger partial charge in [0.05, 0.1) is 5.92 Å². The average molecular weight is 321 g/mol. The molecule has 2 aliphatic rings. The first-order chi connectivity index (χ1) is 10.6. The lowest BCUT2D eigenvalue weighted by Gasteiger charge is -2.29. The van der Waals surface area contributed by atoms with Crippen molar-refractivity contribution in [3.8, 4) is 0 Å². The van der Waals surface area contributed by atoms with Crippen molar-refractivity contribution >= 4 is 17.7 Å². The molecule has 0 aromatic carbocycles. The van der Waals surface area contributed by atoms with Crippen LogP contribution in [0.2, 0.25) is 0 Å². The molecule has 22 heavy (non-hydrogen) atoms. The Morgan fingerprint density at radius 1 is 1.32 bits per heavy atom. The van der Waals surface area contributed by atoms with Crippen LogP contribution < -0.4 is 5.56 Å². The quantitative estimate of drug-likeness (QED) is 0.825. The highest BCUT2D eigenvalue weighted by Gasteiger charge is 2.31. The topological polar surface area (TPSA) is 45.6 Å². The lowest BCUT2D eigenvalue weighted by atomic mass is 10.1. The molecule has 0 bridgehead atoms. The van der Waals surface area contributed by atoms with Gasteiger partial charge in [-0.2, -0.15) is 11.8 Å². The molecule has 1 aromatic rings. The van der Waals surface area contributed by atoms with Gasteiger partial charge in [-0.1, -0.05) is 0 Å². The van der Waals surface area contributed by atoms with Gasteiger partial charge in [0, 0.05) is 57.0 Å². The highest BCUT2D eigenvalue weighted by atomic mass is 32.2. The molecule has 3 heterocycles. The number of nitrogens with zero attached hydrogens (tertiary/aromatic N) is 3. The Morgan fingerprint density at radius 3 is 2.82 bits per heavy atom. The van der Waals surface area contributed by atoms with E-state index in [1.807, 2.05) is 28.9 Å². The molecule has 6 heteroatoms. The summed E-state index contributed by atoms with van der Waals surface area (Å²) in [5, 5.41) is 0. The maximum absolute atomic E-state index is 12.5. The fraction of sp³-hybridized carbons (Fsp3) is 0.625. The Morgan fingerprint density at radius 2 is 2.09 bits per heavy atom. The van der Waals surface area contributed by atoms with Gasteiger partial charge in [-0.05, 0) is 24.6 Å². The number of carbonyl (C=O) groups excluding carboxylic acids is 1. The molecule has 5 nitrogen and oxygen atoms in total. The Hall–Kier alpha value is -1.27. The lowest BCUT2D eigenvalue weighted by Crippen LogP contribution is -2.42. The summed E-state index contributed by atoms with van der Waals surface area (Å²) in [7, 11) is 1.76. The molecule has 0 spiro atoms. The number of carbonyl (C=O) groups is 1. The van der Waals surface area contributed by atoms with E-state index in [0.717, 1.165) is 56.2 Å². The SMILES string of the molecule is Cn1ccc(CN2CCC(C(=O)N3CCSCC3)C2)cc1=O. The fourth-order valence-electron chi connectivity index (χ4n) is 3.17. The monoisotopic (exact) mass is 321 g/mol. The third kappa shape index (κ3) is 3.55. The zero-order valence-electron chi connectivity index (χ0n) is 13.0. The number of aromatic nitrogens is 1. The minimum atomic E-state index is 0.0233. The number of rotatable bonds is 3. The van der Waals surface area contributed by atoms with Crippen LogP contribution in [0.4, 0.5) is 0 Å². The Balaban J connectivity index is 1.56. The summed E-state index contributed by atoms with van der Waals surface area (Å²) >= 11 is 1.93. The van der Waals surface area contributed by atoms with Crippen molar-refractivity contribution in [3.05, 3.63) is 34.2 Å². The van der Waals surface area contributed by atoms with Crippen LogP contribution in [-0.2, 0) is 18.4 Å². The molecule has 0 aliphatic carbocycles. The Bertz CT molecular complexity index is 595. The van der Waals surface area contributed by atoms with E-state index in [1.54, 1.807) is 17.7 Å². The molecule has 2 saturated heterocycles. The molecule has 3 rings (SSSR count). The van der Waals surface area contributed by atoms with Crippen molar-refractivity contribution in [1.82, 2.24) is 14.4 Å². The second-order valence-electron chi connectivity index (χ2n) is 6.14. The van der Waals surface area contributed by atoms with Crippen molar-refractivity contribution < 1.29 is 4.79 Å². The van der Waals surface area contributed by atoms with E-state index in [2.05, 4.69) is 4.90 Å². The van der Waals surface area contributed by atoms with Crippen molar-refractivity contribution in [2.45, 2.75) is 13.0 Å². The summed E-state index contributed by atoms with van der Waals surface area (Å²) in [6.07, 6.45) is 2.75. The molecule has 1 unspecified atom stereocenters. The van der Waals surface area contributed by atoms with Gasteiger partial charge in [0.15, 0.2) is 0 Å². The van der Waals surface area contributed by atoms with Crippen molar-refractivity contribution in [2.75, 3.05) is 37.7 Å². The summed E-state index contributed by atoms with van der Waals surface area (Å²) in [4.78, 5) is 28.5. The first kappa shape index (κ1) is 15.6. The van der Waals surface area contributed by atoms with Gasteiger partial charge in [0.1, 0.15) is 0 Å². The van der Waals surface area contributed by atoms with E-state index in [4.69, 9.17) is 0 Å². The number of hydrogen-bond donors (Lipinski definition) is 0. The van der Waals surface area contributed by atoms with E-state index in [0.29, 0.717) is 5.91 Å². The minimum Gasteiger partial charge on any atom is -0.341 e. The fourth-order valence-corrected chi connectivity index (χ4v) is 4.07. The van der Waals surface area contributed by atoms with Crippen LogP contribution in [0.15, 0.2) is 23.1 Å². The van der Waals surface area contributed by atoms with Crippen LogP contribution in [0.1, 0.15) is 12.0 Å². The third-order valence-electron chi connectivity index (χ3n) is 4.52. The number of aryl methyl sites for hydroxylation is 1. The summed E-state index contributed by atoms with van der Waals surface area (Å²) in [6.45, 7) is 4.31. The predicted octanol–water partition coefficient (Wildman–Crippen LogP) is 0.783. The van der Waals surface area contributed by atoms with E-state index >= 15 is 0 Å². The van der Waals surface area contributed by atoms with E-state index < -0.39 is 0 Å². The van der Waals surface area contributed by atoms with Crippen molar-refractivity contribution in [2.24, 2.45) is 13.0 Å². The third-order valence-corrected chi connectivity index (χ3v) is 5.46. The number of pyridine rings is 1. The second kappa shape index (κ2) is 6.87.